The van der Waals surface area contributed by atoms with Crippen LogP contribution in [0.3, 0.4) is 0 Å². The van der Waals surface area contributed by atoms with Gasteiger partial charge in [-0.15, -0.1) is 0 Å². The van der Waals surface area contributed by atoms with Crippen LogP contribution in [-0.4, -0.2) is 74.3 Å². The van der Waals surface area contributed by atoms with Crippen LogP contribution in [0.2, 0.25) is 0 Å². The van der Waals surface area contributed by atoms with E-state index in [4.69, 9.17) is 4.74 Å². The van der Waals surface area contributed by atoms with Crippen LogP contribution in [0.1, 0.15) is 6.42 Å². The lowest BCUT2D eigenvalue weighted by atomic mass is 10.2. The normalized spacial score (nSPS) is 23.3. The minimum atomic E-state index is -4.17. The van der Waals surface area contributed by atoms with E-state index in [2.05, 4.69) is 0 Å². The quantitative estimate of drug-likeness (QED) is 0.826. The first-order valence-corrected chi connectivity index (χ1v) is 8.36. The molecule has 0 radical (unpaired) electrons. The highest BCUT2D eigenvalue weighted by Gasteiger charge is 2.39. The zero-order valence-electron chi connectivity index (χ0n) is 14.1. The number of carbonyl (C=O) groups excluding carboxylic acids is 1. The predicted octanol–water partition coefficient (Wildman–Crippen LogP) is 1.98. The number of methoxy groups -OCH3 is 1. The molecule has 1 unspecified atom stereocenters. The molecule has 1 atom stereocenters. The first-order valence-electron chi connectivity index (χ1n) is 8.36. The van der Waals surface area contributed by atoms with Gasteiger partial charge in [0, 0.05) is 32.7 Å². The molecule has 1 aromatic carbocycles. The van der Waals surface area contributed by atoms with E-state index in [1.807, 2.05) is 29.2 Å². The summed E-state index contributed by atoms with van der Waals surface area (Å²) in [5, 5.41) is 0. The van der Waals surface area contributed by atoms with Crippen molar-refractivity contribution in [3.63, 3.8) is 0 Å². The molecule has 1 aromatic rings. The fourth-order valence-corrected chi connectivity index (χ4v) is 3.58. The monoisotopic (exact) mass is 357 g/mol. The van der Waals surface area contributed by atoms with E-state index in [1.54, 1.807) is 12.0 Å². The summed E-state index contributed by atoms with van der Waals surface area (Å²) in [7, 11) is 1.57. The largest absolute Gasteiger partial charge is 0.495 e. The average molecular weight is 357 g/mol. The van der Waals surface area contributed by atoms with Crippen molar-refractivity contribution in [2.24, 2.45) is 0 Å². The first-order chi connectivity index (χ1) is 11.9. The Bertz CT molecular complexity index is 615. The van der Waals surface area contributed by atoms with Gasteiger partial charge in [0.2, 0.25) is 5.91 Å². The molecule has 2 fully saturated rings. The maximum Gasteiger partial charge on any atom is 0.401 e. The van der Waals surface area contributed by atoms with Crippen LogP contribution in [0, 0.1) is 0 Å². The summed E-state index contributed by atoms with van der Waals surface area (Å²) >= 11 is 0. The van der Waals surface area contributed by atoms with Gasteiger partial charge in [-0.2, -0.15) is 13.2 Å². The van der Waals surface area contributed by atoms with Crippen LogP contribution in [-0.2, 0) is 4.79 Å². The molecule has 2 aliphatic heterocycles. The fraction of sp³-hybridized carbons (Fsp3) is 0.588. The van der Waals surface area contributed by atoms with E-state index < -0.39 is 12.7 Å². The summed E-state index contributed by atoms with van der Waals surface area (Å²) in [5.41, 5.74) is 0.744. The number of amides is 1. The van der Waals surface area contributed by atoms with Gasteiger partial charge in [-0.25, -0.2) is 0 Å². The number of piperazine rings is 1. The molecule has 2 aliphatic rings. The summed E-state index contributed by atoms with van der Waals surface area (Å²) in [6, 6.07) is 7.10. The first kappa shape index (κ1) is 18.0. The Balaban J connectivity index is 1.62. The molecule has 0 N–H and O–H groups in total. The summed E-state index contributed by atoms with van der Waals surface area (Å²) in [5.74, 6) is 0.639. The van der Waals surface area contributed by atoms with E-state index in [0.29, 0.717) is 44.9 Å². The number of rotatable bonds is 4. The van der Waals surface area contributed by atoms with E-state index in [-0.39, 0.29) is 11.9 Å². The fourth-order valence-electron chi connectivity index (χ4n) is 3.58. The Morgan fingerprint density at radius 3 is 2.44 bits per heavy atom. The second-order valence-corrected chi connectivity index (χ2v) is 6.39. The lowest BCUT2D eigenvalue weighted by molar-refractivity contribution is -0.150. The van der Waals surface area contributed by atoms with Gasteiger partial charge < -0.3 is 9.64 Å². The molecular formula is C17H22F3N3O2. The van der Waals surface area contributed by atoms with Crippen LogP contribution in [0.15, 0.2) is 24.3 Å². The van der Waals surface area contributed by atoms with Crippen LogP contribution in [0.4, 0.5) is 18.9 Å². The Kier molecular flexibility index (Phi) is 5.19. The van der Waals surface area contributed by atoms with Crippen molar-refractivity contribution >= 4 is 11.6 Å². The highest BCUT2D eigenvalue weighted by atomic mass is 19.4. The third-order valence-electron chi connectivity index (χ3n) is 4.80. The molecule has 0 spiro atoms. The number of hydrogen-bond acceptors (Lipinski definition) is 4. The Morgan fingerprint density at radius 2 is 1.80 bits per heavy atom. The van der Waals surface area contributed by atoms with Gasteiger partial charge in [0.15, 0.2) is 0 Å². The molecule has 25 heavy (non-hydrogen) atoms. The Morgan fingerprint density at radius 1 is 1.12 bits per heavy atom. The molecule has 3 rings (SSSR count). The number of halogens is 3. The van der Waals surface area contributed by atoms with Crippen molar-refractivity contribution in [3.8, 4) is 5.75 Å². The molecule has 8 heteroatoms. The van der Waals surface area contributed by atoms with Gasteiger partial charge in [0.25, 0.3) is 0 Å². The highest BCUT2D eigenvalue weighted by Crippen LogP contribution is 2.32. The van der Waals surface area contributed by atoms with Gasteiger partial charge in [-0.1, -0.05) is 12.1 Å². The molecule has 0 saturated carbocycles. The second-order valence-electron chi connectivity index (χ2n) is 6.39. The van der Waals surface area contributed by atoms with Crippen LogP contribution >= 0.6 is 0 Å². The number of anilines is 1. The number of carbonyl (C=O) groups is 1. The number of ether oxygens (including phenoxy) is 1. The Labute approximate surface area is 144 Å². The summed E-state index contributed by atoms with van der Waals surface area (Å²) in [6.45, 7) is 1.33. The van der Waals surface area contributed by atoms with Crippen molar-refractivity contribution < 1.29 is 22.7 Å². The van der Waals surface area contributed by atoms with Crippen LogP contribution in [0.5, 0.6) is 5.75 Å². The van der Waals surface area contributed by atoms with Gasteiger partial charge in [-0.3, -0.25) is 14.6 Å². The van der Waals surface area contributed by atoms with Crippen molar-refractivity contribution in [1.29, 1.82) is 0 Å². The van der Waals surface area contributed by atoms with E-state index >= 15 is 0 Å². The molecule has 0 aromatic heterocycles. The van der Waals surface area contributed by atoms with E-state index in [9.17, 15) is 18.0 Å². The Hall–Kier alpha value is -1.80. The number of benzene rings is 1. The van der Waals surface area contributed by atoms with Crippen molar-refractivity contribution in [1.82, 2.24) is 9.80 Å². The molecule has 138 valence electrons. The molecule has 0 bridgehead atoms. The lowest BCUT2D eigenvalue weighted by Crippen LogP contribution is -2.54. The van der Waals surface area contributed by atoms with Crippen LogP contribution < -0.4 is 9.64 Å². The highest BCUT2D eigenvalue weighted by molar-refractivity contribution is 6.00. The second kappa shape index (κ2) is 7.21. The lowest BCUT2D eigenvalue weighted by Gasteiger charge is -2.37. The zero-order valence-corrected chi connectivity index (χ0v) is 14.1. The average Bonchev–Trinajstić information content (AvgIpc) is 2.95. The predicted molar refractivity (Wildman–Crippen MR) is 87.8 cm³/mol. The van der Waals surface area contributed by atoms with Gasteiger partial charge in [-0.05, 0) is 18.6 Å². The van der Waals surface area contributed by atoms with Gasteiger partial charge in [0.1, 0.15) is 5.75 Å². The third-order valence-corrected chi connectivity index (χ3v) is 4.80. The summed E-state index contributed by atoms with van der Waals surface area (Å²) in [6.07, 6.45) is -3.50. The number of alkyl halides is 3. The summed E-state index contributed by atoms with van der Waals surface area (Å²) < 4.78 is 42.8. The molecule has 2 heterocycles. The van der Waals surface area contributed by atoms with E-state index in [0.717, 1.165) is 5.69 Å². The van der Waals surface area contributed by atoms with Crippen molar-refractivity contribution in [2.45, 2.75) is 18.6 Å². The van der Waals surface area contributed by atoms with Crippen molar-refractivity contribution in [2.75, 3.05) is 51.3 Å². The molecule has 5 nitrogen and oxygen atoms in total. The molecule has 1 amide bonds. The summed E-state index contributed by atoms with van der Waals surface area (Å²) in [4.78, 5) is 17.9. The SMILES string of the molecule is COc1ccccc1N1CCC(N2CCN(CC(F)(F)F)CC2)C1=O. The molecule has 0 aliphatic carbocycles. The van der Waals surface area contributed by atoms with Gasteiger partial charge >= 0.3 is 6.18 Å². The number of para-hydroxylation sites is 2. The standard InChI is InChI=1S/C17H22F3N3O2/c1-25-15-5-3-2-4-13(15)23-7-6-14(16(23)24)22-10-8-21(9-11-22)12-17(18,19)20/h2-5,14H,6-12H2,1H3. The number of nitrogens with zero attached hydrogens (tertiary/aromatic N) is 3. The smallest absolute Gasteiger partial charge is 0.401 e. The number of hydrogen-bond donors (Lipinski definition) is 0. The van der Waals surface area contributed by atoms with Gasteiger partial charge in [0.05, 0.1) is 25.4 Å². The maximum atomic E-state index is 12.8. The molecule has 2 saturated heterocycles. The molecular weight excluding hydrogens is 335 g/mol. The van der Waals surface area contributed by atoms with Crippen LogP contribution in [0.25, 0.3) is 0 Å². The minimum absolute atomic E-state index is 0.00577. The van der Waals surface area contributed by atoms with E-state index in [1.165, 1.54) is 4.90 Å². The maximum absolute atomic E-state index is 12.8. The third kappa shape index (κ3) is 4.07. The topological polar surface area (TPSA) is 36.0 Å². The zero-order chi connectivity index (χ0) is 18.0. The minimum Gasteiger partial charge on any atom is -0.495 e. The van der Waals surface area contributed by atoms with Crippen molar-refractivity contribution in [3.05, 3.63) is 24.3 Å².